The molecule has 0 bridgehead atoms. The van der Waals surface area contributed by atoms with E-state index in [1.807, 2.05) is 6.26 Å². The van der Waals surface area contributed by atoms with Crippen LogP contribution in [0.25, 0.3) is 0 Å². The Kier molecular flexibility index (Phi) is 8.19. The lowest BCUT2D eigenvalue weighted by Gasteiger charge is -2.25. The van der Waals surface area contributed by atoms with Gasteiger partial charge in [0.1, 0.15) is 6.04 Å². The van der Waals surface area contributed by atoms with E-state index in [-0.39, 0.29) is 5.92 Å². The van der Waals surface area contributed by atoms with Gasteiger partial charge in [-0.05, 0) is 24.3 Å². The molecule has 0 aliphatic carbocycles. The van der Waals surface area contributed by atoms with E-state index in [0.717, 1.165) is 0 Å². The number of carbonyl (C=O) groups is 3. The number of thioether (sulfide) groups is 1. The number of hydrogen-bond donors (Lipinski definition) is 2. The Balaban J connectivity index is 4.55. The van der Waals surface area contributed by atoms with E-state index in [9.17, 15) is 19.5 Å². The highest BCUT2D eigenvalue weighted by Gasteiger charge is 2.23. The quantitative estimate of drug-likeness (QED) is 0.512. The Morgan fingerprint density at radius 2 is 2.00 bits per heavy atom. The Hall–Kier alpha value is -1.24. The molecule has 0 aromatic carbocycles. The van der Waals surface area contributed by atoms with Crippen molar-refractivity contribution in [1.82, 2.24) is 10.6 Å². The lowest BCUT2D eigenvalue weighted by Crippen LogP contribution is -2.55. The molecule has 0 aliphatic rings. The molecular weight excluding hydrogens is 256 g/mol. The number of hydrogen-bond acceptors (Lipinski definition) is 5. The lowest BCUT2D eigenvalue weighted by molar-refractivity contribution is -0.309. The number of amides is 2. The number of carboxylic acid groups (broad SMARTS) is 1. The Labute approximate surface area is 111 Å². The van der Waals surface area contributed by atoms with E-state index in [1.54, 1.807) is 25.6 Å². The minimum atomic E-state index is -1.33. The topological polar surface area (TPSA) is 98.3 Å². The van der Waals surface area contributed by atoms with E-state index < -0.39 is 24.0 Å². The van der Waals surface area contributed by atoms with E-state index in [2.05, 4.69) is 10.6 Å². The molecule has 0 unspecified atom stereocenters. The standard InChI is InChI=1S/C11H20N2O4S/c1-7(2)9(11(16)17)13-10(15)8(12-6-14)4-5-18-3/h6-9H,4-5H2,1-3H3,(H,12,14)(H,13,15)(H,16,17)/p-1/t8-,9-/m0/s1. The number of carbonyl (C=O) groups excluding carboxylic acids is 3. The van der Waals surface area contributed by atoms with Gasteiger partial charge in [-0.25, -0.2) is 0 Å². The molecule has 0 aromatic heterocycles. The van der Waals surface area contributed by atoms with Crippen molar-refractivity contribution in [1.29, 1.82) is 0 Å². The summed E-state index contributed by atoms with van der Waals surface area (Å²) in [7, 11) is 0. The molecule has 7 heteroatoms. The van der Waals surface area contributed by atoms with Crippen LogP contribution in [-0.4, -0.2) is 42.4 Å². The maximum atomic E-state index is 11.8. The molecule has 18 heavy (non-hydrogen) atoms. The zero-order valence-electron chi connectivity index (χ0n) is 10.8. The first-order valence-corrected chi connectivity index (χ1v) is 7.03. The molecule has 0 rings (SSSR count). The van der Waals surface area contributed by atoms with Crippen LogP contribution in [-0.2, 0) is 14.4 Å². The predicted octanol–water partition coefficient (Wildman–Crippen LogP) is -1.26. The van der Waals surface area contributed by atoms with E-state index in [1.165, 1.54) is 0 Å². The van der Waals surface area contributed by atoms with Gasteiger partial charge >= 0.3 is 0 Å². The number of carboxylic acids is 1. The van der Waals surface area contributed by atoms with Gasteiger partial charge in [0, 0.05) is 0 Å². The van der Waals surface area contributed by atoms with Crippen LogP contribution in [0.15, 0.2) is 0 Å². The predicted molar refractivity (Wildman–Crippen MR) is 67.8 cm³/mol. The van der Waals surface area contributed by atoms with E-state index in [4.69, 9.17) is 0 Å². The summed E-state index contributed by atoms with van der Waals surface area (Å²) in [5.74, 6) is -1.42. The van der Waals surface area contributed by atoms with Crippen LogP contribution in [0, 0.1) is 5.92 Å². The SMILES string of the molecule is CSCC[C@H](NC=O)C(=O)N[C@H](C(=O)[O-])C(C)C. The number of nitrogens with one attached hydrogen (secondary N) is 2. The molecule has 2 amide bonds. The molecule has 2 N–H and O–H groups in total. The average molecular weight is 275 g/mol. The van der Waals surface area contributed by atoms with E-state index in [0.29, 0.717) is 18.6 Å². The van der Waals surface area contributed by atoms with Crippen molar-refractivity contribution in [3.05, 3.63) is 0 Å². The normalized spacial score (nSPS) is 13.8. The van der Waals surface area contributed by atoms with Crippen molar-refractivity contribution in [2.75, 3.05) is 12.0 Å². The van der Waals surface area contributed by atoms with Crippen LogP contribution in [0.5, 0.6) is 0 Å². The fourth-order valence-electron chi connectivity index (χ4n) is 1.36. The highest BCUT2D eigenvalue weighted by molar-refractivity contribution is 7.98. The Bertz CT molecular complexity index is 297. The third-order valence-corrected chi connectivity index (χ3v) is 3.06. The summed E-state index contributed by atoms with van der Waals surface area (Å²) in [6.07, 6.45) is 2.77. The van der Waals surface area contributed by atoms with Gasteiger partial charge in [0.15, 0.2) is 0 Å². The van der Waals surface area contributed by atoms with Crippen molar-refractivity contribution in [3.8, 4) is 0 Å². The zero-order chi connectivity index (χ0) is 14.1. The molecule has 0 aliphatic heterocycles. The van der Waals surface area contributed by atoms with Gasteiger partial charge in [-0.1, -0.05) is 13.8 Å². The highest BCUT2D eigenvalue weighted by Crippen LogP contribution is 2.04. The van der Waals surface area contributed by atoms with Crippen LogP contribution in [0.1, 0.15) is 20.3 Å². The van der Waals surface area contributed by atoms with Crippen molar-refractivity contribution in [3.63, 3.8) is 0 Å². The van der Waals surface area contributed by atoms with E-state index >= 15 is 0 Å². The third-order valence-electron chi connectivity index (χ3n) is 2.41. The number of rotatable bonds is 9. The molecule has 0 saturated heterocycles. The zero-order valence-corrected chi connectivity index (χ0v) is 11.6. The van der Waals surface area contributed by atoms with Crippen LogP contribution in [0.2, 0.25) is 0 Å². The first-order valence-electron chi connectivity index (χ1n) is 5.63. The second-order valence-electron chi connectivity index (χ2n) is 4.17. The molecule has 0 radical (unpaired) electrons. The fourth-order valence-corrected chi connectivity index (χ4v) is 1.83. The van der Waals surface area contributed by atoms with Gasteiger partial charge in [0.2, 0.25) is 12.3 Å². The molecule has 0 aromatic rings. The first-order chi connectivity index (χ1) is 8.43. The largest absolute Gasteiger partial charge is 0.548 e. The van der Waals surface area contributed by atoms with Crippen molar-refractivity contribution in [2.45, 2.75) is 32.4 Å². The van der Waals surface area contributed by atoms with Crippen LogP contribution in [0.3, 0.4) is 0 Å². The van der Waals surface area contributed by atoms with Crippen molar-refractivity contribution < 1.29 is 19.5 Å². The minimum absolute atomic E-state index is 0.281. The third kappa shape index (κ3) is 5.90. The van der Waals surface area contributed by atoms with Crippen LogP contribution in [0.4, 0.5) is 0 Å². The fraction of sp³-hybridized carbons (Fsp3) is 0.727. The molecule has 0 fully saturated rings. The summed E-state index contributed by atoms with van der Waals surface area (Å²) < 4.78 is 0. The van der Waals surface area contributed by atoms with Crippen LogP contribution < -0.4 is 15.7 Å². The minimum Gasteiger partial charge on any atom is -0.548 e. The summed E-state index contributed by atoms with van der Waals surface area (Å²) in [4.78, 5) is 33.1. The Morgan fingerprint density at radius 3 is 2.39 bits per heavy atom. The second-order valence-corrected chi connectivity index (χ2v) is 5.15. The summed E-state index contributed by atoms with van der Waals surface area (Å²) in [5, 5.41) is 15.6. The molecule has 104 valence electrons. The second kappa shape index (κ2) is 8.79. The van der Waals surface area contributed by atoms with Gasteiger partial charge in [-0.3, -0.25) is 9.59 Å². The summed E-state index contributed by atoms with van der Waals surface area (Å²) >= 11 is 1.54. The van der Waals surface area contributed by atoms with Gasteiger partial charge in [0.05, 0.1) is 12.0 Å². The van der Waals surface area contributed by atoms with Gasteiger partial charge in [0.25, 0.3) is 0 Å². The van der Waals surface area contributed by atoms with Crippen molar-refractivity contribution in [2.24, 2.45) is 5.92 Å². The van der Waals surface area contributed by atoms with Gasteiger partial charge in [-0.15, -0.1) is 0 Å². The summed E-state index contributed by atoms with van der Waals surface area (Å²) in [5.41, 5.74) is 0. The first kappa shape index (κ1) is 16.8. The molecule has 0 spiro atoms. The van der Waals surface area contributed by atoms with Gasteiger partial charge in [-0.2, -0.15) is 11.8 Å². The smallest absolute Gasteiger partial charge is 0.243 e. The summed E-state index contributed by atoms with van der Waals surface area (Å²) in [6.45, 7) is 3.34. The van der Waals surface area contributed by atoms with Gasteiger partial charge < -0.3 is 20.5 Å². The lowest BCUT2D eigenvalue weighted by atomic mass is 10.0. The molecule has 0 heterocycles. The Morgan fingerprint density at radius 1 is 1.39 bits per heavy atom. The maximum Gasteiger partial charge on any atom is 0.243 e. The van der Waals surface area contributed by atoms with Crippen molar-refractivity contribution >= 4 is 30.0 Å². The maximum absolute atomic E-state index is 11.8. The molecule has 6 nitrogen and oxygen atoms in total. The average Bonchev–Trinajstić information content (AvgIpc) is 2.30. The van der Waals surface area contributed by atoms with Crippen LogP contribution >= 0.6 is 11.8 Å². The molecule has 2 atom stereocenters. The highest BCUT2D eigenvalue weighted by atomic mass is 32.2. The molecule has 0 saturated carbocycles. The number of aliphatic carboxylic acids is 1. The molecular formula is C11H19N2O4S-. The summed E-state index contributed by atoms with van der Waals surface area (Å²) in [6, 6.07) is -1.77. The monoisotopic (exact) mass is 275 g/mol.